The van der Waals surface area contributed by atoms with E-state index in [0.29, 0.717) is 11.1 Å². The van der Waals surface area contributed by atoms with Crippen molar-refractivity contribution in [2.45, 2.75) is 19.8 Å². The summed E-state index contributed by atoms with van der Waals surface area (Å²) in [5, 5.41) is 18.6. The van der Waals surface area contributed by atoms with E-state index in [0.717, 1.165) is 39.2 Å². The fourth-order valence-corrected chi connectivity index (χ4v) is 4.15. The first-order chi connectivity index (χ1) is 15.8. The average Bonchev–Trinajstić information content (AvgIpc) is 3.25. The van der Waals surface area contributed by atoms with Gasteiger partial charge in [-0.15, -0.1) is 0 Å². The largest absolute Gasteiger partial charge is 0.478 e. The Morgan fingerprint density at radius 1 is 1.00 bits per heavy atom. The Hall–Kier alpha value is -4.13. The van der Waals surface area contributed by atoms with Gasteiger partial charge in [0.1, 0.15) is 11.6 Å². The van der Waals surface area contributed by atoms with Gasteiger partial charge in [-0.1, -0.05) is 26.0 Å². The highest BCUT2D eigenvalue weighted by atomic mass is 19.1. The fourth-order valence-electron chi connectivity index (χ4n) is 4.15. The zero-order valence-electron chi connectivity index (χ0n) is 17.9. The van der Waals surface area contributed by atoms with Gasteiger partial charge < -0.3 is 5.11 Å². The molecule has 0 atom stereocenters. The highest BCUT2D eigenvalue weighted by Crippen LogP contribution is 2.41. The highest BCUT2D eigenvalue weighted by Gasteiger charge is 2.22. The van der Waals surface area contributed by atoms with Crippen molar-refractivity contribution >= 4 is 27.6 Å². The minimum absolute atomic E-state index is 0.0189. The summed E-state index contributed by atoms with van der Waals surface area (Å²) >= 11 is 0. The molecule has 33 heavy (non-hydrogen) atoms. The van der Waals surface area contributed by atoms with E-state index in [-0.39, 0.29) is 22.9 Å². The van der Waals surface area contributed by atoms with E-state index in [9.17, 15) is 14.3 Å². The number of aromatic carboxylic acids is 1. The predicted octanol–water partition coefficient (Wildman–Crippen LogP) is 6.54. The van der Waals surface area contributed by atoms with Crippen LogP contribution in [0.1, 0.15) is 35.8 Å². The van der Waals surface area contributed by atoms with Gasteiger partial charge >= 0.3 is 5.97 Å². The third kappa shape index (κ3) is 3.51. The zero-order chi connectivity index (χ0) is 23.3. The fraction of sp³-hybridized carbons (Fsp3) is 0.115. The van der Waals surface area contributed by atoms with E-state index in [4.69, 9.17) is 4.98 Å². The van der Waals surface area contributed by atoms with E-state index in [1.54, 1.807) is 18.3 Å². The van der Waals surface area contributed by atoms with Crippen molar-refractivity contribution in [3.8, 4) is 22.4 Å². The number of carboxylic acids is 1. The number of benzene rings is 3. The summed E-state index contributed by atoms with van der Waals surface area (Å²) in [6.45, 7) is 3.98. The Labute approximate surface area is 187 Å². The maximum Gasteiger partial charge on any atom is 0.335 e. The number of fused-ring (bicyclic) bond motifs is 2. The Bertz CT molecular complexity index is 1540. The second-order valence-electron chi connectivity index (χ2n) is 8.24. The number of carboxylic acid groups (broad SMARTS) is 1. The molecule has 2 aromatic heterocycles. The quantitative estimate of drug-likeness (QED) is 0.330. The number of aromatic amines is 1. The minimum atomic E-state index is -1.20. The molecule has 3 aromatic carbocycles. The van der Waals surface area contributed by atoms with E-state index >= 15 is 4.39 Å². The van der Waals surface area contributed by atoms with Crippen LogP contribution in [-0.4, -0.2) is 26.3 Å². The molecule has 0 spiro atoms. The highest BCUT2D eigenvalue weighted by molar-refractivity contribution is 6.09. The summed E-state index contributed by atoms with van der Waals surface area (Å²) in [7, 11) is 0. The third-order valence-electron chi connectivity index (χ3n) is 5.74. The Morgan fingerprint density at radius 2 is 1.76 bits per heavy atom. The molecule has 5 aromatic rings. The number of hydrogen-bond donors (Lipinski definition) is 2. The summed E-state index contributed by atoms with van der Waals surface area (Å²) in [4.78, 5) is 16.2. The van der Waals surface area contributed by atoms with Gasteiger partial charge in [-0.25, -0.2) is 13.6 Å². The van der Waals surface area contributed by atoms with Gasteiger partial charge in [-0.2, -0.15) is 5.10 Å². The molecule has 0 aliphatic heterocycles. The summed E-state index contributed by atoms with van der Waals surface area (Å²) in [5.74, 6) is -2.23. The second-order valence-corrected chi connectivity index (χ2v) is 8.24. The average molecular weight is 443 g/mol. The van der Waals surface area contributed by atoms with Crippen molar-refractivity contribution in [3.05, 3.63) is 83.7 Å². The van der Waals surface area contributed by atoms with Crippen LogP contribution in [0, 0.1) is 11.6 Å². The van der Waals surface area contributed by atoms with Crippen LogP contribution >= 0.6 is 0 Å². The molecular weight excluding hydrogens is 424 g/mol. The number of nitrogens with one attached hydrogen (secondary N) is 1. The zero-order valence-corrected chi connectivity index (χ0v) is 17.9. The summed E-state index contributed by atoms with van der Waals surface area (Å²) in [6.07, 6.45) is 1.71. The van der Waals surface area contributed by atoms with Crippen molar-refractivity contribution in [2.75, 3.05) is 0 Å². The molecule has 0 fully saturated rings. The summed E-state index contributed by atoms with van der Waals surface area (Å²) in [5.41, 5.74) is 3.61. The van der Waals surface area contributed by atoms with Crippen molar-refractivity contribution < 1.29 is 18.7 Å². The normalized spacial score (nSPS) is 11.5. The Morgan fingerprint density at radius 3 is 2.42 bits per heavy atom. The number of nitrogens with zero attached hydrogens (tertiary/aromatic N) is 2. The first-order valence-electron chi connectivity index (χ1n) is 10.4. The molecule has 0 saturated carbocycles. The van der Waals surface area contributed by atoms with Gasteiger partial charge in [-0.3, -0.25) is 10.1 Å². The molecule has 0 aliphatic carbocycles. The van der Waals surface area contributed by atoms with Gasteiger partial charge in [0.05, 0.1) is 28.7 Å². The summed E-state index contributed by atoms with van der Waals surface area (Å²) < 4.78 is 28.8. The molecule has 0 aliphatic rings. The lowest BCUT2D eigenvalue weighted by molar-refractivity contribution is 0.0696. The molecule has 0 unspecified atom stereocenters. The maximum atomic E-state index is 15.1. The van der Waals surface area contributed by atoms with Crippen LogP contribution < -0.4 is 0 Å². The van der Waals surface area contributed by atoms with Crippen LogP contribution in [-0.2, 0) is 0 Å². The number of H-pyrrole nitrogens is 1. The van der Waals surface area contributed by atoms with Gasteiger partial charge in [-0.05, 0) is 59.3 Å². The van der Waals surface area contributed by atoms with Crippen molar-refractivity contribution in [2.24, 2.45) is 0 Å². The minimum Gasteiger partial charge on any atom is -0.478 e. The van der Waals surface area contributed by atoms with Crippen LogP contribution in [0.4, 0.5) is 8.78 Å². The Balaban J connectivity index is 1.91. The monoisotopic (exact) mass is 443 g/mol. The topological polar surface area (TPSA) is 78.9 Å². The number of halogens is 2. The molecule has 5 nitrogen and oxygen atoms in total. The molecule has 164 valence electrons. The van der Waals surface area contributed by atoms with Crippen LogP contribution in [0.25, 0.3) is 44.1 Å². The maximum absolute atomic E-state index is 15.1. The van der Waals surface area contributed by atoms with Crippen LogP contribution in [0.5, 0.6) is 0 Å². The number of carbonyl (C=O) groups is 1. The number of aromatic nitrogens is 3. The van der Waals surface area contributed by atoms with Crippen molar-refractivity contribution in [1.82, 2.24) is 15.2 Å². The van der Waals surface area contributed by atoms with Gasteiger partial charge in [0.2, 0.25) is 0 Å². The van der Waals surface area contributed by atoms with Gasteiger partial charge in [0.25, 0.3) is 0 Å². The second kappa shape index (κ2) is 7.78. The first-order valence-corrected chi connectivity index (χ1v) is 10.4. The third-order valence-corrected chi connectivity index (χ3v) is 5.74. The lowest BCUT2D eigenvalue weighted by atomic mass is 9.89. The van der Waals surface area contributed by atoms with E-state index in [1.807, 2.05) is 26.0 Å². The van der Waals surface area contributed by atoms with Crippen molar-refractivity contribution in [3.63, 3.8) is 0 Å². The molecule has 0 amide bonds. The van der Waals surface area contributed by atoms with E-state index in [1.165, 1.54) is 24.3 Å². The number of rotatable bonds is 4. The van der Waals surface area contributed by atoms with Crippen LogP contribution in [0.3, 0.4) is 0 Å². The van der Waals surface area contributed by atoms with Crippen LogP contribution in [0.15, 0.2) is 60.8 Å². The van der Waals surface area contributed by atoms with E-state index in [2.05, 4.69) is 10.2 Å². The van der Waals surface area contributed by atoms with Crippen LogP contribution in [0.2, 0.25) is 0 Å². The lowest BCUT2D eigenvalue weighted by Gasteiger charge is -2.19. The lowest BCUT2D eigenvalue weighted by Crippen LogP contribution is -2.03. The molecular formula is C26H19F2N3O2. The van der Waals surface area contributed by atoms with Gasteiger partial charge in [0.15, 0.2) is 0 Å². The molecule has 2 N–H and O–H groups in total. The smallest absolute Gasteiger partial charge is 0.335 e. The first kappa shape index (κ1) is 20.8. The molecule has 5 rings (SSSR count). The van der Waals surface area contributed by atoms with E-state index < -0.39 is 11.8 Å². The number of hydrogen-bond acceptors (Lipinski definition) is 3. The molecule has 2 heterocycles. The number of pyridine rings is 1. The standard InChI is InChI=1S/C26H19F2N3O2/c1-13(2)24-23(14-3-6-17(27)7-4-14)19-9-16-12-29-31-22(16)11-20(19)25(30-24)18-8-5-15(26(32)33)10-21(18)28/h3-13H,1-2H3,(H,29,31)(H,32,33). The Kier molecular flexibility index (Phi) is 4.89. The summed E-state index contributed by atoms with van der Waals surface area (Å²) in [6, 6.07) is 13.9. The molecule has 7 heteroatoms. The predicted molar refractivity (Wildman–Crippen MR) is 123 cm³/mol. The SMILES string of the molecule is CC(C)c1nc(-c2ccc(C(=O)O)cc2F)c2cc3[nH]ncc3cc2c1-c1ccc(F)cc1. The van der Waals surface area contributed by atoms with Crippen molar-refractivity contribution in [1.29, 1.82) is 0 Å². The van der Waals surface area contributed by atoms with Gasteiger partial charge in [0, 0.05) is 21.9 Å². The molecule has 0 bridgehead atoms. The molecule has 0 radical (unpaired) electrons. The molecule has 0 saturated heterocycles.